The van der Waals surface area contributed by atoms with Crippen molar-refractivity contribution < 1.29 is 14.3 Å². The summed E-state index contributed by atoms with van der Waals surface area (Å²) in [5, 5.41) is 12.6. The van der Waals surface area contributed by atoms with E-state index in [-0.39, 0.29) is 11.7 Å². The zero-order chi connectivity index (χ0) is 20.4. The number of aromatic hydroxyl groups is 1. The highest BCUT2D eigenvalue weighted by molar-refractivity contribution is 6.07. The summed E-state index contributed by atoms with van der Waals surface area (Å²) in [5.41, 5.74) is 2.48. The maximum atomic E-state index is 13.4. The highest BCUT2D eigenvalue weighted by atomic mass is 16.3. The molecule has 148 valence electrons. The molecule has 0 aliphatic carbocycles. The average molecular weight is 387 g/mol. The molecule has 4 heteroatoms. The van der Waals surface area contributed by atoms with E-state index >= 15 is 0 Å². The normalized spacial score (nSPS) is 11.2. The van der Waals surface area contributed by atoms with Crippen molar-refractivity contribution >= 4 is 27.6 Å². The third kappa shape index (κ3) is 3.70. The molecule has 0 aliphatic heterocycles. The molecule has 1 N–H and O–H groups in total. The van der Waals surface area contributed by atoms with Gasteiger partial charge in [0.05, 0.1) is 5.56 Å². The van der Waals surface area contributed by atoms with Gasteiger partial charge >= 0.3 is 0 Å². The molecule has 0 atom stereocenters. The third-order valence-electron chi connectivity index (χ3n) is 5.35. The Morgan fingerprint density at radius 1 is 1.03 bits per heavy atom. The van der Waals surface area contributed by atoms with Crippen molar-refractivity contribution in [2.24, 2.45) is 0 Å². The van der Waals surface area contributed by atoms with E-state index in [0.29, 0.717) is 12.1 Å². The van der Waals surface area contributed by atoms with Crippen LogP contribution in [-0.2, 0) is 13.0 Å². The van der Waals surface area contributed by atoms with Gasteiger partial charge in [-0.1, -0.05) is 55.8 Å². The van der Waals surface area contributed by atoms with Crippen LogP contribution in [0.25, 0.3) is 21.7 Å². The van der Waals surface area contributed by atoms with Gasteiger partial charge in [0.1, 0.15) is 17.1 Å². The van der Waals surface area contributed by atoms with Crippen LogP contribution in [-0.4, -0.2) is 23.0 Å². The van der Waals surface area contributed by atoms with Crippen LogP contribution in [0.2, 0.25) is 0 Å². The van der Waals surface area contributed by atoms with Gasteiger partial charge in [0.25, 0.3) is 5.91 Å². The van der Waals surface area contributed by atoms with Crippen molar-refractivity contribution in [3.8, 4) is 5.75 Å². The van der Waals surface area contributed by atoms with Crippen LogP contribution in [0.1, 0.15) is 41.4 Å². The second-order valence-electron chi connectivity index (χ2n) is 7.48. The maximum Gasteiger partial charge on any atom is 0.258 e. The first-order valence-electron chi connectivity index (χ1n) is 10.0. The molecule has 1 heterocycles. The number of carbonyl (C=O) groups excluding carboxylic acids is 1. The fourth-order valence-corrected chi connectivity index (χ4v) is 3.84. The SMILES string of the molecule is CCCCc1oc2ccccc2c1C(=O)N(C)Cc1cccc2cc(O)ccc12. The second kappa shape index (κ2) is 8.00. The number of rotatable bonds is 6. The van der Waals surface area contributed by atoms with E-state index in [9.17, 15) is 9.90 Å². The number of phenols is 1. The number of phenolic OH excluding ortho intramolecular Hbond substituents is 1. The Morgan fingerprint density at radius 3 is 2.69 bits per heavy atom. The minimum Gasteiger partial charge on any atom is -0.508 e. The number of amides is 1. The summed E-state index contributed by atoms with van der Waals surface area (Å²) in [6, 6.07) is 19.0. The van der Waals surface area contributed by atoms with E-state index in [0.717, 1.165) is 52.3 Å². The first-order valence-corrected chi connectivity index (χ1v) is 10.0. The molecule has 4 nitrogen and oxygen atoms in total. The van der Waals surface area contributed by atoms with E-state index in [1.165, 1.54) is 0 Å². The Morgan fingerprint density at radius 2 is 1.86 bits per heavy atom. The zero-order valence-electron chi connectivity index (χ0n) is 16.8. The van der Waals surface area contributed by atoms with Gasteiger partial charge in [-0.3, -0.25) is 4.79 Å². The fraction of sp³-hybridized carbons (Fsp3) is 0.240. The molecule has 4 rings (SSSR count). The summed E-state index contributed by atoms with van der Waals surface area (Å²) >= 11 is 0. The van der Waals surface area contributed by atoms with E-state index < -0.39 is 0 Å². The first kappa shape index (κ1) is 19.1. The molecule has 1 aromatic heterocycles. The number of para-hydroxylation sites is 1. The van der Waals surface area contributed by atoms with E-state index in [1.54, 1.807) is 17.0 Å². The lowest BCUT2D eigenvalue weighted by Crippen LogP contribution is -2.27. The number of unbranched alkanes of at least 4 members (excludes halogenated alkanes) is 1. The van der Waals surface area contributed by atoms with Gasteiger partial charge in [-0.15, -0.1) is 0 Å². The molecule has 0 unspecified atom stereocenters. The van der Waals surface area contributed by atoms with Crippen molar-refractivity contribution in [2.45, 2.75) is 32.7 Å². The number of aryl methyl sites for hydroxylation is 1. The van der Waals surface area contributed by atoms with Gasteiger partial charge < -0.3 is 14.4 Å². The number of furan rings is 1. The van der Waals surface area contributed by atoms with Crippen molar-refractivity contribution in [2.75, 3.05) is 7.05 Å². The molecule has 0 fully saturated rings. The fourth-order valence-electron chi connectivity index (χ4n) is 3.84. The standard InChI is InChI=1S/C25H25NO3/c1-3-4-11-23-24(21-10-5-6-12-22(21)29-23)25(28)26(2)16-18-9-7-8-17-15-19(27)13-14-20(17)18/h5-10,12-15,27H,3-4,11,16H2,1-2H3. The minimum absolute atomic E-state index is 0.0307. The van der Waals surface area contributed by atoms with Crippen LogP contribution in [0, 0.1) is 0 Å². The lowest BCUT2D eigenvalue weighted by atomic mass is 10.0. The lowest BCUT2D eigenvalue weighted by Gasteiger charge is -2.19. The number of carbonyl (C=O) groups is 1. The van der Waals surface area contributed by atoms with Crippen LogP contribution in [0.15, 0.2) is 65.1 Å². The average Bonchev–Trinajstić information content (AvgIpc) is 3.09. The summed E-state index contributed by atoms with van der Waals surface area (Å²) in [5.74, 6) is 0.981. The Hall–Kier alpha value is -3.27. The summed E-state index contributed by atoms with van der Waals surface area (Å²) in [6.07, 6.45) is 2.79. The minimum atomic E-state index is -0.0307. The maximum absolute atomic E-state index is 13.4. The highest BCUT2D eigenvalue weighted by Crippen LogP contribution is 2.29. The summed E-state index contributed by atoms with van der Waals surface area (Å²) < 4.78 is 6.03. The summed E-state index contributed by atoms with van der Waals surface area (Å²) in [6.45, 7) is 2.61. The van der Waals surface area contributed by atoms with Crippen LogP contribution in [0.3, 0.4) is 0 Å². The Bertz CT molecular complexity index is 1180. The largest absolute Gasteiger partial charge is 0.508 e. The Labute approximate surface area is 170 Å². The van der Waals surface area contributed by atoms with Crippen molar-refractivity contribution in [3.05, 3.63) is 77.6 Å². The van der Waals surface area contributed by atoms with Crippen LogP contribution < -0.4 is 0 Å². The molecule has 0 spiro atoms. The van der Waals surface area contributed by atoms with Crippen LogP contribution in [0.4, 0.5) is 0 Å². The molecule has 0 aliphatic rings. The quantitative estimate of drug-likeness (QED) is 0.448. The zero-order valence-corrected chi connectivity index (χ0v) is 16.8. The molecule has 0 bridgehead atoms. The smallest absolute Gasteiger partial charge is 0.258 e. The number of fused-ring (bicyclic) bond motifs is 2. The predicted octanol–water partition coefficient (Wildman–Crippen LogP) is 5.91. The third-order valence-corrected chi connectivity index (χ3v) is 5.35. The van der Waals surface area contributed by atoms with Crippen molar-refractivity contribution in [3.63, 3.8) is 0 Å². The molecule has 0 radical (unpaired) electrons. The summed E-state index contributed by atoms with van der Waals surface area (Å²) in [7, 11) is 1.83. The number of benzene rings is 3. The van der Waals surface area contributed by atoms with Gasteiger partial charge in [-0.05, 0) is 41.0 Å². The van der Waals surface area contributed by atoms with E-state index in [4.69, 9.17) is 4.42 Å². The lowest BCUT2D eigenvalue weighted by molar-refractivity contribution is 0.0785. The van der Waals surface area contributed by atoms with Gasteiger partial charge in [0.2, 0.25) is 0 Å². The molecular weight excluding hydrogens is 362 g/mol. The monoisotopic (exact) mass is 387 g/mol. The molecule has 3 aromatic carbocycles. The molecule has 0 saturated carbocycles. The first-order chi connectivity index (χ1) is 14.1. The second-order valence-corrected chi connectivity index (χ2v) is 7.48. The number of hydrogen-bond donors (Lipinski definition) is 1. The Kier molecular flexibility index (Phi) is 5.26. The summed E-state index contributed by atoms with van der Waals surface area (Å²) in [4.78, 5) is 15.2. The van der Waals surface area contributed by atoms with Crippen LogP contribution in [0.5, 0.6) is 5.75 Å². The van der Waals surface area contributed by atoms with Gasteiger partial charge in [-0.25, -0.2) is 0 Å². The molecule has 4 aromatic rings. The molecule has 29 heavy (non-hydrogen) atoms. The predicted molar refractivity (Wildman–Crippen MR) is 116 cm³/mol. The van der Waals surface area contributed by atoms with Gasteiger partial charge in [0, 0.05) is 25.4 Å². The molecule has 1 amide bonds. The number of hydrogen-bond acceptors (Lipinski definition) is 3. The van der Waals surface area contributed by atoms with Gasteiger partial charge in [0.15, 0.2) is 0 Å². The van der Waals surface area contributed by atoms with Crippen LogP contribution >= 0.6 is 0 Å². The van der Waals surface area contributed by atoms with E-state index in [1.807, 2.05) is 55.6 Å². The van der Waals surface area contributed by atoms with Crippen molar-refractivity contribution in [1.29, 1.82) is 0 Å². The Balaban J connectivity index is 1.68. The van der Waals surface area contributed by atoms with E-state index in [2.05, 4.69) is 6.92 Å². The molecular formula is C25H25NO3. The topological polar surface area (TPSA) is 53.7 Å². The number of nitrogens with zero attached hydrogens (tertiary/aromatic N) is 1. The van der Waals surface area contributed by atoms with Crippen molar-refractivity contribution in [1.82, 2.24) is 4.90 Å². The molecule has 0 saturated heterocycles. The van der Waals surface area contributed by atoms with Gasteiger partial charge in [-0.2, -0.15) is 0 Å². The highest BCUT2D eigenvalue weighted by Gasteiger charge is 2.23.